The summed E-state index contributed by atoms with van der Waals surface area (Å²) in [6, 6.07) is 13.7. The van der Waals surface area contributed by atoms with Crippen LogP contribution in [0.25, 0.3) is 11.3 Å². The van der Waals surface area contributed by atoms with Gasteiger partial charge in [0, 0.05) is 17.1 Å². The highest BCUT2D eigenvalue weighted by Crippen LogP contribution is 2.26. The van der Waals surface area contributed by atoms with Crippen molar-refractivity contribution in [1.82, 2.24) is 9.97 Å². The summed E-state index contributed by atoms with van der Waals surface area (Å²) < 4.78 is 0. The highest BCUT2D eigenvalue weighted by atomic mass is 32.1. The van der Waals surface area contributed by atoms with E-state index in [0.29, 0.717) is 5.13 Å². The third-order valence-corrected chi connectivity index (χ3v) is 4.36. The molecule has 2 aromatic heterocycles. The van der Waals surface area contributed by atoms with Crippen molar-refractivity contribution >= 4 is 22.4 Å². The minimum atomic E-state index is -0.317. The predicted molar refractivity (Wildman–Crippen MR) is 93.6 cm³/mol. The van der Waals surface area contributed by atoms with Crippen LogP contribution in [0.4, 0.5) is 5.13 Å². The SMILES string of the molecule is Cc1ccc(-c2csc(NC(=O)C(C)c3ccccn3)n2)cc1. The number of nitrogens with one attached hydrogen (secondary N) is 1. The summed E-state index contributed by atoms with van der Waals surface area (Å²) >= 11 is 1.43. The minimum absolute atomic E-state index is 0.103. The van der Waals surface area contributed by atoms with Crippen LogP contribution >= 0.6 is 11.3 Å². The lowest BCUT2D eigenvalue weighted by atomic mass is 10.1. The van der Waals surface area contributed by atoms with Crippen molar-refractivity contribution in [3.8, 4) is 11.3 Å². The predicted octanol–water partition coefficient (Wildman–Crippen LogP) is 4.26. The molecule has 2 heterocycles. The van der Waals surface area contributed by atoms with Crippen LogP contribution < -0.4 is 5.32 Å². The number of aryl methyl sites for hydroxylation is 1. The quantitative estimate of drug-likeness (QED) is 0.780. The standard InChI is InChI=1S/C18H17N3OS/c1-12-6-8-14(9-7-12)16-11-23-18(20-16)21-17(22)13(2)15-5-3-4-10-19-15/h3-11,13H,1-2H3,(H,20,21,22). The molecule has 3 aromatic rings. The second kappa shape index (κ2) is 6.71. The summed E-state index contributed by atoms with van der Waals surface area (Å²) in [4.78, 5) is 21.0. The van der Waals surface area contributed by atoms with Crippen LogP contribution in [0.15, 0.2) is 54.0 Å². The summed E-state index contributed by atoms with van der Waals surface area (Å²) in [6.45, 7) is 3.89. The van der Waals surface area contributed by atoms with Gasteiger partial charge in [-0.05, 0) is 26.0 Å². The first-order valence-electron chi connectivity index (χ1n) is 7.38. The van der Waals surface area contributed by atoms with Gasteiger partial charge in [0.1, 0.15) is 0 Å². The number of hydrogen-bond donors (Lipinski definition) is 1. The number of hydrogen-bond acceptors (Lipinski definition) is 4. The number of benzene rings is 1. The van der Waals surface area contributed by atoms with Crippen molar-refractivity contribution in [3.05, 3.63) is 65.3 Å². The molecule has 4 nitrogen and oxygen atoms in total. The van der Waals surface area contributed by atoms with E-state index in [1.54, 1.807) is 6.20 Å². The Bertz CT molecular complexity index is 797. The van der Waals surface area contributed by atoms with E-state index >= 15 is 0 Å². The number of carbonyl (C=O) groups is 1. The molecule has 5 heteroatoms. The molecule has 0 bridgehead atoms. The summed E-state index contributed by atoms with van der Waals surface area (Å²) in [5.74, 6) is -0.420. The van der Waals surface area contributed by atoms with E-state index in [4.69, 9.17) is 0 Å². The fraction of sp³-hybridized carbons (Fsp3) is 0.167. The fourth-order valence-corrected chi connectivity index (χ4v) is 2.89. The molecule has 1 atom stereocenters. The highest BCUT2D eigenvalue weighted by Gasteiger charge is 2.17. The Labute approximate surface area is 139 Å². The van der Waals surface area contributed by atoms with Crippen LogP contribution in [0.2, 0.25) is 0 Å². The van der Waals surface area contributed by atoms with Crippen molar-refractivity contribution in [3.63, 3.8) is 0 Å². The minimum Gasteiger partial charge on any atom is -0.301 e. The number of nitrogens with zero attached hydrogens (tertiary/aromatic N) is 2. The molecule has 23 heavy (non-hydrogen) atoms. The van der Waals surface area contributed by atoms with Crippen LogP contribution in [-0.2, 0) is 4.79 Å². The maximum atomic E-state index is 12.3. The van der Waals surface area contributed by atoms with Gasteiger partial charge in [-0.15, -0.1) is 11.3 Å². The molecule has 116 valence electrons. The molecule has 1 amide bonds. The van der Waals surface area contributed by atoms with Gasteiger partial charge in [0.05, 0.1) is 17.3 Å². The van der Waals surface area contributed by atoms with Crippen molar-refractivity contribution in [2.24, 2.45) is 0 Å². The Morgan fingerprint density at radius 2 is 1.96 bits per heavy atom. The molecule has 1 aromatic carbocycles. The maximum absolute atomic E-state index is 12.3. The largest absolute Gasteiger partial charge is 0.301 e. The van der Waals surface area contributed by atoms with Crippen LogP contribution in [0.1, 0.15) is 24.1 Å². The Morgan fingerprint density at radius 3 is 2.65 bits per heavy atom. The molecular formula is C18H17N3OS. The average Bonchev–Trinajstić information content (AvgIpc) is 3.04. The maximum Gasteiger partial charge on any atom is 0.235 e. The molecule has 0 aliphatic rings. The molecule has 0 radical (unpaired) electrons. The Kier molecular flexibility index (Phi) is 4.48. The van der Waals surface area contributed by atoms with Crippen LogP contribution in [0.3, 0.4) is 0 Å². The molecule has 0 spiro atoms. The lowest BCUT2D eigenvalue weighted by molar-refractivity contribution is -0.117. The van der Waals surface area contributed by atoms with Crippen LogP contribution in [-0.4, -0.2) is 15.9 Å². The van der Waals surface area contributed by atoms with E-state index < -0.39 is 0 Å². The Morgan fingerprint density at radius 1 is 1.17 bits per heavy atom. The fourth-order valence-electron chi connectivity index (χ4n) is 2.17. The van der Waals surface area contributed by atoms with Crippen molar-refractivity contribution in [2.75, 3.05) is 5.32 Å². The van der Waals surface area contributed by atoms with Crippen LogP contribution in [0.5, 0.6) is 0 Å². The number of amides is 1. The van der Waals surface area contributed by atoms with Gasteiger partial charge in [-0.1, -0.05) is 35.9 Å². The zero-order valence-corrected chi connectivity index (χ0v) is 13.8. The van der Waals surface area contributed by atoms with Gasteiger partial charge >= 0.3 is 0 Å². The molecule has 1 unspecified atom stereocenters. The highest BCUT2D eigenvalue weighted by molar-refractivity contribution is 7.14. The first-order chi connectivity index (χ1) is 11.1. The number of rotatable bonds is 4. The van der Waals surface area contributed by atoms with Crippen molar-refractivity contribution in [2.45, 2.75) is 19.8 Å². The lowest BCUT2D eigenvalue weighted by Crippen LogP contribution is -2.19. The van der Waals surface area contributed by atoms with Gasteiger partial charge in [0.15, 0.2) is 5.13 Å². The molecule has 3 rings (SSSR count). The third-order valence-electron chi connectivity index (χ3n) is 3.61. The zero-order valence-electron chi connectivity index (χ0n) is 13.0. The van der Waals surface area contributed by atoms with Crippen molar-refractivity contribution < 1.29 is 4.79 Å². The Hall–Kier alpha value is -2.53. The van der Waals surface area contributed by atoms with Gasteiger partial charge in [0.2, 0.25) is 5.91 Å². The lowest BCUT2D eigenvalue weighted by Gasteiger charge is -2.09. The summed E-state index contributed by atoms with van der Waals surface area (Å²) in [5, 5.41) is 5.43. The summed E-state index contributed by atoms with van der Waals surface area (Å²) in [5.41, 5.74) is 3.88. The zero-order chi connectivity index (χ0) is 16.2. The Balaban J connectivity index is 1.71. The van der Waals surface area contributed by atoms with Crippen molar-refractivity contribution in [1.29, 1.82) is 0 Å². The second-order valence-electron chi connectivity index (χ2n) is 5.37. The first-order valence-corrected chi connectivity index (χ1v) is 8.26. The topological polar surface area (TPSA) is 54.9 Å². The first kappa shape index (κ1) is 15.4. The average molecular weight is 323 g/mol. The molecule has 1 N–H and O–H groups in total. The van der Waals surface area contributed by atoms with E-state index in [0.717, 1.165) is 17.0 Å². The van der Waals surface area contributed by atoms with Gasteiger partial charge in [-0.25, -0.2) is 4.98 Å². The van der Waals surface area contributed by atoms with Gasteiger partial charge in [0.25, 0.3) is 0 Å². The monoisotopic (exact) mass is 323 g/mol. The van der Waals surface area contributed by atoms with E-state index in [2.05, 4.69) is 34.3 Å². The number of thiazole rings is 1. The molecule has 0 aliphatic carbocycles. The van der Waals surface area contributed by atoms with Crippen LogP contribution in [0, 0.1) is 6.92 Å². The number of aromatic nitrogens is 2. The smallest absolute Gasteiger partial charge is 0.235 e. The number of carbonyl (C=O) groups excluding carboxylic acids is 1. The van der Waals surface area contributed by atoms with E-state index in [-0.39, 0.29) is 11.8 Å². The molecule has 0 fully saturated rings. The normalized spacial score (nSPS) is 11.9. The molecule has 0 saturated heterocycles. The van der Waals surface area contributed by atoms with Gasteiger partial charge in [-0.3, -0.25) is 9.78 Å². The summed E-state index contributed by atoms with van der Waals surface area (Å²) in [7, 11) is 0. The molecule has 0 saturated carbocycles. The summed E-state index contributed by atoms with van der Waals surface area (Å²) in [6.07, 6.45) is 1.69. The second-order valence-corrected chi connectivity index (χ2v) is 6.23. The number of anilines is 1. The molecular weight excluding hydrogens is 306 g/mol. The van der Waals surface area contributed by atoms with Gasteiger partial charge in [-0.2, -0.15) is 0 Å². The van der Waals surface area contributed by atoms with E-state index in [1.807, 2.05) is 42.6 Å². The molecule has 0 aliphatic heterocycles. The van der Waals surface area contributed by atoms with E-state index in [1.165, 1.54) is 16.9 Å². The number of pyridine rings is 1. The third kappa shape index (κ3) is 3.63. The van der Waals surface area contributed by atoms with E-state index in [9.17, 15) is 4.79 Å². The van der Waals surface area contributed by atoms with Gasteiger partial charge < -0.3 is 5.32 Å².